The van der Waals surface area contributed by atoms with Gasteiger partial charge in [-0.25, -0.2) is 4.68 Å². The molecule has 0 amide bonds. The van der Waals surface area contributed by atoms with E-state index in [0.29, 0.717) is 18.3 Å². The highest BCUT2D eigenvalue weighted by atomic mass is 32.1. The van der Waals surface area contributed by atoms with E-state index in [9.17, 15) is 0 Å². The zero-order valence-corrected chi connectivity index (χ0v) is 12.5. The van der Waals surface area contributed by atoms with Gasteiger partial charge >= 0.3 is 0 Å². The van der Waals surface area contributed by atoms with Crippen molar-refractivity contribution in [1.29, 1.82) is 0 Å². The lowest BCUT2D eigenvalue weighted by molar-refractivity contribution is 0.204. The van der Waals surface area contributed by atoms with Gasteiger partial charge in [0.05, 0.1) is 24.7 Å². The van der Waals surface area contributed by atoms with E-state index in [2.05, 4.69) is 20.9 Å². The standard InChI is InChI=1S/C14H17N5OS/c1-20-8-7-15-14(21)18-16-9-12-10-17-19(11-12)13-5-3-2-4-6-13/h2-6,9-11H,7-8H2,1H3,(H2,15,18,21)/b16-9-. The van der Waals surface area contributed by atoms with Crippen LogP contribution in [0.25, 0.3) is 5.69 Å². The first-order valence-electron chi connectivity index (χ1n) is 6.45. The fourth-order valence-corrected chi connectivity index (χ4v) is 1.75. The monoisotopic (exact) mass is 303 g/mol. The Morgan fingerprint density at radius 1 is 1.43 bits per heavy atom. The van der Waals surface area contributed by atoms with Gasteiger partial charge in [0.25, 0.3) is 0 Å². The molecule has 0 atom stereocenters. The minimum absolute atomic E-state index is 0.457. The molecule has 0 fully saturated rings. The number of aromatic nitrogens is 2. The number of nitrogens with one attached hydrogen (secondary N) is 2. The summed E-state index contributed by atoms with van der Waals surface area (Å²) >= 11 is 5.05. The maximum absolute atomic E-state index is 5.05. The number of hydrogen-bond donors (Lipinski definition) is 2. The summed E-state index contributed by atoms with van der Waals surface area (Å²) in [6.45, 7) is 1.24. The highest BCUT2D eigenvalue weighted by Crippen LogP contribution is 2.06. The van der Waals surface area contributed by atoms with Crippen molar-refractivity contribution < 1.29 is 4.74 Å². The zero-order chi connectivity index (χ0) is 14.9. The minimum atomic E-state index is 0.457. The summed E-state index contributed by atoms with van der Waals surface area (Å²) in [6.07, 6.45) is 5.29. The van der Waals surface area contributed by atoms with Gasteiger partial charge in [-0.1, -0.05) is 18.2 Å². The summed E-state index contributed by atoms with van der Waals surface area (Å²) in [6, 6.07) is 9.88. The zero-order valence-electron chi connectivity index (χ0n) is 11.7. The van der Waals surface area contributed by atoms with Crippen LogP contribution >= 0.6 is 12.2 Å². The maximum Gasteiger partial charge on any atom is 0.187 e. The third-order valence-electron chi connectivity index (χ3n) is 2.59. The smallest absolute Gasteiger partial charge is 0.187 e. The fraction of sp³-hybridized carbons (Fsp3) is 0.214. The molecule has 6 nitrogen and oxygen atoms in total. The van der Waals surface area contributed by atoms with Crippen molar-refractivity contribution in [1.82, 2.24) is 20.5 Å². The van der Waals surface area contributed by atoms with E-state index in [-0.39, 0.29) is 0 Å². The summed E-state index contributed by atoms with van der Waals surface area (Å²) < 4.78 is 6.70. The van der Waals surface area contributed by atoms with Crippen molar-refractivity contribution in [3.8, 4) is 5.69 Å². The highest BCUT2D eigenvalue weighted by molar-refractivity contribution is 7.80. The number of hydrazone groups is 1. The molecular weight excluding hydrogens is 286 g/mol. The van der Waals surface area contributed by atoms with Crippen LogP contribution in [0.4, 0.5) is 0 Å². The van der Waals surface area contributed by atoms with Gasteiger partial charge in [-0.2, -0.15) is 10.2 Å². The van der Waals surface area contributed by atoms with Gasteiger partial charge in [-0.3, -0.25) is 5.43 Å². The number of ether oxygens (including phenoxy) is 1. The number of hydrogen-bond acceptors (Lipinski definition) is 4. The molecule has 1 heterocycles. The Bertz CT molecular complexity index is 596. The molecule has 0 saturated carbocycles. The van der Waals surface area contributed by atoms with E-state index in [4.69, 9.17) is 17.0 Å². The SMILES string of the molecule is COCCNC(=S)N/N=C\c1cnn(-c2ccccc2)c1. The van der Waals surface area contributed by atoms with Crippen LogP contribution in [0.1, 0.15) is 5.56 Å². The van der Waals surface area contributed by atoms with Crippen LogP contribution < -0.4 is 10.7 Å². The fourth-order valence-electron chi connectivity index (χ4n) is 1.60. The first-order valence-corrected chi connectivity index (χ1v) is 6.86. The number of nitrogens with zero attached hydrogens (tertiary/aromatic N) is 3. The van der Waals surface area contributed by atoms with Gasteiger partial charge < -0.3 is 10.1 Å². The van der Waals surface area contributed by atoms with Crippen LogP contribution in [-0.2, 0) is 4.74 Å². The molecule has 21 heavy (non-hydrogen) atoms. The molecule has 0 spiro atoms. The maximum atomic E-state index is 5.05. The Balaban J connectivity index is 1.85. The molecule has 0 unspecified atom stereocenters. The number of para-hydroxylation sites is 1. The number of benzene rings is 1. The lowest BCUT2D eigenvalue weighted by atomic mass is 10.3. The molecule has 0 saturated heterocycles. The summed E-state index contributed by atoms with van der Waals surface area (Å²) in [7, 11) is 1.64. The Hall–Kier alpha value is -2.25. The summed E-state index contributed by atoms with van der Waals surface area (Å²) in [5.41, 5.74) is 4.62. The third kappa shape index (κ3) is 4.97. The molecule has 2 aromatic rings. The lowest BCUT2D eigenvalue weighted by Crippen LogP contribution is -2.34. The van der Waals surface area contributed by atoms with Gasteiger partial charge in [0, 0.05) is 25.4 Å². The van der Waals surface area contributed by atoms with Crippen molar-refractivity contribution in [3.63, 3.8) is 0 Å². The largest absolute Gasteiger partial charge is 0.383 e. The number of methoxy groups -OCH3 is 1. The van der Waals surface area contributed by atoms with Crippen molar-refractivity contribution >= 4 is 23.5 Å². The van der Waals surface area contributed by atoms with Gasteiger partial charge in [-0.05, 0) is 24.4 Å². The molecule has 2 rings (SSSR count). The molecule has 1 aromatic carbocycles. The quantitative estimate of drug-likeness (QED) is 0.365. The molecule has 7 heteroatoms. The van der Waals surface area contributed by atoms with Gasteiger partial charge in [0.15, 0.2) is 5.11 Å². The van der Waals surface area contributed by atoms with Gasteiger partial charge in [0.2, 0.25) is 0 Å². The predicted octanol–water partition coefficient (Wildman–Crippen LogP) is 1.32. The van der Waals surface area contributed by atoms with Crippen molar-refractivity contribution in [2.75, 3.05) is 20.3 Å². The molecular formula is C14H17N5OS. The molecule has 1 aromatic heterocycles. The molecule has 0 aliphatic carbocycles. The van der Waals surface area contributed by atoms with Crippen LogP contribution in [-0.4, -0.2) is 41.4 Å². The van der Waals surface area contributed by atoms with Crippen LogP contribution in [0.5, 0.6) is 0 Å². The second-order valence-electron chi connectivity index (χ2n) is 4.17. The van der Waals surface area contributed by atoms with Crippen LogP contribution in [0.2, 0.25) is 0 Å². The van der Waals surface area contributed by atoms with Crippen molar-refractivity contribution in [2.45, 2.75) is 0 Å². The van der Waals surface area contributed by atoms with Gasteiger partial charge in [0.1, 0.15) is 0 Å². The van der Waals surface area contributed by atoms with E-state index in [1.54, 1.807) is 24.2 Å². The van der Waals surface area contributed by atoms with Crippen molar-refractivity contribution in [3.05, 3.63) is 48.3 Å². The summed E-state index contributed by atoms with van der Waals surface area (Å²) in [5, 5.41) is 11.8. The molecule has 0 aliphatic heterocycles. The molecule has 2 N–H and O–H groups in total. The third-order valence-corrected chi connectivity index (χ3v) is 2.83. The summed E-state index contributed by atoms with van der Waals surface area (Å²) in [4.78, 5) is 0. The Labute approximate surface area is 128 Å². The molecule has 0 radical (unpaired) electrons. The first kappa shape index (κ1) is 15.1. The van der Waals surface area contributed by atoms with Crippen LogP contribution in [0, 0.1) is 0 Å². The van der Waals surface area contributed by atoms with E-state index in [1.165, 1.54) is 0 Å². The predicted molar refractivity (Wildman–Crippen MR) is 86.8 cm³/mol. The molecule has 0 aliphatic rings. The lowest BCUT2D eigenvalue weighted by Gasteiger charge is -2.05. The molecule has 0 bridgehead atoms. The van der Waals surface area contributed by atoms with E-state index in [0.717, 1.165) is 11.3 Å². The average Bonchev–Trinajstić information content (AvgIpc) is 2.97. The average molecular weight is 303 g/mol. The van der Waals surface area contributed by atoms with E-state index in [1.807, 2.05) is 36.5 Å². The normalized spacial score (nSPS) is 10.7. The van der Waals surface area contributed by atoms with Crippen molar-refractivity contribution in [2.24, 2.45) is 5.10 Å². The topological polar surface area (TPSA) is 63.5 Å². The Morgan fingerprint density at radius 3 is 3.00 bits per heavy atom. The van der Waals surface area contributed by atoms with Crippen LogP contribution in [0.3, 0.4) is 0 Å². The van der Waals surface area contributed by atoms with E-state index >= 15 is 0 Å². The summed E-state index contributed by atoms with van der Waals surface area (Å²) in [5.74, 6) is 0. The van der Waals surface area contributed by atoms with Crippen LogP contribution in [0.15, 0.2) is 47.8 Å². The molecule has 110 valence electrons. The van der Waals surface area contributed by atoms with Gasteiger partial charge in [-0.15, -0.1) is 0 Å². The Morgan fingerprint density at radius 2 is 2.24 bits per heavy atom. The number of thiocarbonyl (C=S) groups is 1. The second-order valence-corrected chi connectivity index (χ2v) is 4.58. The number of rotatable bonds is 6. The highest BCUT2D eigenvalue weighted by Gasteiger charge is 1.98. The van der Waals surface area contributed by atoms with E-state index < -0.39 is 0 Å². The first-order chi connectivity index (χ1) is 10.3. The Kier molecular flexibility index (Phi) is 5.86. The second kappa shape index (κ2) is 8.13. The minimum Gasteiger partial charge on any atom is -0.383 e.